The molecule has 0 aliphatic heterocycles. The number of rotatable bonds is 2. The molecule has 0 aromatic carbocycles. The molecular weight excluding hydrogens is 174 g/mol. The van der Waals surface area contributed by atoms with Gasteiger partial charge < -0.3 is 10.8 Å². The van der Waals surface area contributed by atoms with E-state index in [2.05, 4.69) is 27.7 Å². The van der Waals surface area contributed by atoms with Crippen LogP contribution in [0.3, 0.4) is 0 Å². The standard InChI is InChI=1S/C12H25NO/c1-10(2)7-11(3,4)9-12(14,8-10)5-6-13/h14H,5-9,13H2,1-4H3. The highest BCUT2D eigenvalue weighted by Crippen LogP contribution is 2.50. The van der Waals surface area contributed by atoms with Gasteiger partial charge in [-0.25, -0.2) is 0 Å². The Morgan fingerprint density at radius 2 is 1.43 bits per heavy atom. The summed E-state index contributed by atoms with van der Waals surface area (Å²) in [6.45, 7) is 9.57. The fraction of sp³-hybridized carbons (Fsp3) is 1.00. The summed E-state index contributed by atoms with van der Waals surface area (Å²) in [7, 11) is 0. The quantitative estimate of drug-likeness (QED) is 0.717. The molecule has 3 N–H and O–H groups in total. The molecule has 0 aromatic heterocycles. The molecule has 2 heteroatoms. The van der Waals surface area contributed by atoms with Gasteiger partial charge in [-0.05, 0) is 43.1 Å². The van der Waals surface area contributed by atoms with Gasteiger partial charge in [-0.2, -0.15) is 0 Å². The van der Waals surface area contributed by atoms with Gasteiger partial charge >= 0.3 is 0 Å². The first-order chi connectivity index (χ1) is 6.18. The van der Waals surface area contributed by atoms with Crippen LogP contribution in [0, 0.1) is 10.8 Å². The van der Waals surface area contributed by atoms with Gasteiger partial charge in [0.2, 0.25) is 0 Å². The lowest BCUT2D eigenvalue weighted by atomic mass is 9.59. The summed E-state index contributed by atoms with van der Waals surface area (Å²) in [5.74, 6) is 0. The topological polar surface area (TPSA) is 46.2 Å². The fourth-order valence-corrected chi connectivity index (χ4v) is 3.71. The lowest BCUT2D eigenvalue weighted by Crippen LogP contribution is -2.47. The zero-order valence-corrected chi connectivity index (χ0v) is 10.1. The first kappa shape index (κ1) is 12.0. The van der Waals surface area contributed by atoms with Crippen molar-refractivity contribution in [2.24, 2.45) is 16.6 Å². The van der Waals surface area contributed by atoms with E-state index < -0.39 is 5.60 Å². The van der Waals surface area contributed by atoms with Crippen LogP contribution in [0.1, 0.15) is 53.4 Å². The van der Waals surface area contributed by atoms with E-state index >= 15 is 0 Å². The second-order valence-electron chi connectivity index (χ2n) is 6.62. The van der Waals surface area contributed by atoms with Crippen LogP contribution < -0.4 is 5.73 Å². The minimum absolute atomic E-state index is 0.242. The predicted molar refractivity (Wildman–Crippen MR) is 60.0 cm³/mol. The van der Waals surface area contributed by atoms with Crippen LogP contribution in [0.25, 0.3) is 0 Å². The summed E-state index contributed by atoms with van der Waals surface area (Å²) in [5, 5.41) is 10.5. The van der Waals surface area contributed by atoms with Crippen LogP contribution in [0.2, 0.25) is 0 Å². The van der Waals surface area contributed by atoms with Crippen LogP contribution in [-0.2, 0) is 0 Å². The van der Waals surface area contributed by atoms with Gasteiger partial charge in [-0.3, -0.25) is 0 Å². The molecule has 0 heterocycles. The molecule has 0 unspecified atom stereocenters. The Balaban J connectivity index is 2.80. The van der Waals surface area contributed by atoms with Gasteiger partial charge in [-0.1, -0.05) is 27.7 Å². The third-order valence-electron chi connectivity index (χ3n) is 3.18. The summed E-state index contributed by atoms with van der Waals surface area (Å²) in [5.41, 5.74) is 5.52. The zero-order valence-electron chi connectivity index (χ0n) is 10.1. The van der Waals surface area contributed by atoms with Gasteiger partial charge in [0.25, 0.3) is 0 Å². The number of hydrogen-bond acceptors (Lipinski definition) is 2. The zero-order chi connectivity index (χ0) is 11.0. The van der Waals surface area contributed by atoms with Crippen molar-refractivity contribution >= 4 is 0 Å². The summed E-state index contributed by atoms with van der Waals surface area (Å²) < 4.78 is 0. The van der Waals surface area contributed by atoms with Crippen molar-refractivity contribution in [3.05, 3.63) is 0 Å². The van der Waals surface area contributed by atoms with Crippen LogP contribution in [0.5, 0.6) is 0 Å². The number of hydrogen-bond donors (Lipinski definition) is 2. The predicted octanol–water partition coefficient (Wildman–Crippen LogP) is 2.30. The molecule has 1 saturated carbocycles. The van der Waals surface area contributed by atoms with E-state index in [-0.39, 0.29) is 10.8 Å². The van der Waals surface area contributed by atoms with Crippen molar-refractivity contribution in [1.82, 2.24) is 0 Å². The molecule has 0 aromatic rings. The molecule has 1 aliphatic carbocycles. The lowest BCUT2D eigenvalue weighted by molar-refractivity contribution is -0.0888. The molecule has 2 nitrogen and oxygen atoms in total. The van der Waals surface area contributed by atoms with E-state index in [1.54, 1.807) is 0 Å². The summed E-state index contributed by atoms with van der Waals surface area (Å²) >= 11 is 0. The molecule has 14 heavy (non-hydrogen) atoms. The Kier molecular flexibility index (Phi) is 2.99. The Morgan fingerprint density at radius 3 is 1.79 bits per heavy atom. The van der Waals surface area contributed by atoms with Gasteiger partial charge in [-0.15, -0.1) is 0 Å². The van der Waals surface area contributed by atoms with Crippen LogP contribution in [0.4, 0.5) is 0 Å². The highest BCUT2D eigenvalue weighted by molar-refractivity contribution is 4.97. The Morgan fingerprint density at radius 1 is 1.00 bits per heavy atom. The van der Waals surface area contributed by atoms with Crippen molar-refractivity contribution in [3.8, 4) is 0 Å². The summed E-state index contributed by atoms with van der Waals surface area (Å²) in [4.78, 5) is 0. The molecule has 1 aliphatic rings. The first-order valence-electron chi connectivity index (χ1n) is 5.61. The molecule has 0 bridgehead atoms. The maximum absolute atomic E-state index is 10.5. The smallest absolute Gasteiger partial charge is 0.0670 e. The van der Waals surface area contributed by atoms with Crippen molar-refractivity contribution in [1.29, 1.82) is 0 Å². The Bertz CT molecular complexity index is 192. The van der Waals surface area contributed by atoms with Crippen LogP contribution >= 0.6 is 0 Å². The summed E-state index contributed by atoms with van der Waals surface area (Å²) in [6, 6.07) is 0. The second kappa shape index (κ2) is 3.49. The van der Waals surface area contributed by atoms with E-state index in [9.17, 15) is 5.11 Å². The Hall–Kier alpha value is -0.0800. The minimum Gasteiger partial charge on any atom is -0.390 e. The van der Waals surface area contributed by atoms with E-state index in [4.69, 9.17) is 5.73 Å². The highest BCUT2D eigenvalue weighted by atomic mass is 16.3. The highest BCUT2D eigenvalue weighted by Gasteiger charge is 2.45. The van der Waals surface area contributed by atoms with E-state index in [1.807, 2.05) is 0 Å². The summed E-state index contributed by atoms with van der Waals surface area (Å²) in [6.07, 6.45) is 3.70. The SMILES string of the molecule is CC1(C)CC(C)(C)CC(O)(CCN)C1. The van der Waals surface area contributed by atoms with Gasteiger partial charge in [0.05, 0.1) is 5.60 Å². The van der Waals surface area contributed by atoms with Gasteiger partial charge in [0.15, 0.2) is 0 Å². The average Bonchev–Trinajstić information content (AvgIpc) is 1.75. The van der Waals surface area contributed by atoms with Crippen LogP contribution in [0.15, 0.2) is 0 Å². The molecule has 0 atom stereocenters. The Labute approximate surface area is 87.9 Å². The lowest BCUT2D eigenvalue weighted by Gasteiger charge is -2.49. The third-order valence-corrected chi connectivity index (χ3v) is 3.18. The van der Waals surface area contributed by atoms with Crippen molar-refractivity contribution in [2.75, 3.05) is 6.54 Å². The largest absolute Gasteiger partial charge is 0.390 e. The normalized spacial score (nSPS) is 28.7. The molecule has 1 rings (SSSR count). The number of aliphatic hydroxyl groups is 1. The molecule has 0 saturated heterocycles. The van der Waals surface area contributed by atoms with Crippen molar-refractivity contribution in [3.63, 3.8) is 0 Å². The van der Waals surface area contributed by atoms with E-state index in [0.717, 1.165) is 19.3 Å². The molecule has 0 amide bonds. The molecule has 0 spiro atoms. The van der Waals surface area contributed by atoms with Crippen LogP contribution in [-0.4, -0.2) is 17.3 Å². The maximum Gasteiger partial charge on any atom is 0.0670 e. The maximum atomic E-state index is 10.5. The first-order valence-corrected chi connectivity index (χ1v) is 5.61. The van der Waals surface area contributed by atoms with Gasteiger partial charge in [0, 0.05) is 0 Å². The number of nitrogens with two attached hydrogens (primary N) is 1. The third kappa shape index (κ3) is 2.96. The fourth-order valence-electron chi connectivity index (χ4n) is 3.71. The minimum atomic E-state index is -0.528. The molecule has 84 valence electrons. The molecular formula is C12H25NO. The van der Waals surface area contributed by atoms with Crippen molar-refractivity contribution in [2.45, 2.75) is 59.0 Å². The average molecular weight is 199 g/mol. The van der Waals surface area contributed by atoms with Gasteiger partial charge in [0.1, 0.15) is 0 Å². The molecule has 0 radical (unpaired) electrons. The molecule has 1 fully saturated rings. The second-order valence-corrected chi connectivity index (χ2v) is 6.62. The van der Waals surface area contributed by atoms with E-state index in [0.29, 0.717) is 6.54 Å². The van der Waals surface area contributed by atoms with E-state index in [1.165, 1.54) is 6.42 Å². The monoisotopic (exact) mass is 199 g/mol. The van der Waals surface area contributed by atoms with Crippen molar-refractivity contribution < 1.29 is 5.11 Å².